The van der Waals surface area contributed by atoms with Gasteiger partial charge in [0.15, 0.2) is 0 Å². The van der Waals surface area contributed by atoms with Gasteiger partial charge < -0.3 is 10.6 Å². The molecule has 146 valence electrons. The molecule has 3 amide bonds. The van der Waals surface area contributed by atoms with Crippen LogP contribution in [0.5, 0.6) is 0 Å². The van der Waals surface area contributed by atoms with Gasteiger partial charge in [0.25, 0.3) is 0 Å². The van der Waals surface area contributed by atoms with Crippen molar-refractivity contribution in [1.82, 2.24) is 20.8 Å². The molecule has 1 heterocycles. The number of nitrogens with zero attached hydrogens (tertiary/aromatic N) is 2. The lowest BCUT2D eigenvalue weighted by atomic mass is 10.0. The number of carbonyl (C=O) groups is 2. The molecule has 1 atom stereocenters. The largest absolute Gasteiger partial charge is 0.334 e. The SMILES string of the molecule is Cc1ccc(-c2nnc(NC(=O)[C@@H](NC(=O)NC(C)(C)C)C(C)C)s2)cc1. The molecule has 7 nitrogen and oxygen atoms in total. The Morgan fingerprint density at radius 1 is 1.07 bits per heavy atom. The van der Waals surface area contributed by atoms with Crippen LogP contribution in [0, 0.1) is 12.8 Å². The van der Waals surface area contributed by atoms with Crippen molar-refractivity contribution in [3.8, 4) is 10.6 Å². The Labute approximate surface area is 164 Å². The topological polar surface area (TPSA) is 96.0 Å². The first-order valence-corrected chi connectivity index (χ1v) is 9.67. The molecule has 2 rings (SSSR count). The first-order chi connectivity index (χ1) is 12.5. The van der Waals surface area contributed by atoms with Crippen LogP contribution < -0.4 is 16.0 Å². The van der Waals surface area contributed by atoms with E-state index in [9.17, 15) is 9.59 Å². The van der Waals surface area contributed by atoms with Gasteiger partial charge in [-0.1, -0.05) is 55.0 Å². The van der Waals surface area contributed by atoms with E-state index in [1.54, 1.807) is 0 Å². The summed E-state index contributed by atoms with van der Waals surface area (Å²) in [6.07, 6.45) is 0. The van der Waals surface area contributed by atoms with Crippen LogP contribution in [0.15, 0.2) is 24.3 Å². The third-order valence-electron chi connectivity index (χ3n) is 3.68. The molecule has 0 unspecified atom stereocenters. The zero-order valence-corrected chi connectivity index (χ0v) is 17.4. The van der Waals surface area contributed by atoms with Crippen molar-refractivity contribution in [3.05, 3.63) is 29.8 Å². The van der Waals surface area contributed by atoms with Crippen molar-refractivity contribution < 1.29 is 9.59 Å². The Morgan fingerprint density at radius 3 is 2.26 bits per heavy atom. The molecule has 1 aromatic carbocycles. The van der Waals surface area contributed by atoms with Gasteiger partial charge in [0.05, 0.1) is 0 Å². The molecule has 0 fully saturated rings. The molecular formula is C19H27N5O2S. The number of benzene rings is 1. The number of anilines is 1. The lowest BCUT2D eigenvalue weighted by Crippen LogP contribution is -2.54. The average molecular weight is 390 g/mol. The van der Waals surface area contributed by atoms with Gasteiger partial charge in [0, 0.05) is 11.1 Å². The number of aromatic nitrogens is 2. The lowest BCUT2D eigenvalue weighted by Gasteiger charge is -2.25. The van der Waals surface area contributed by atoms with Gasteiger partial charge in [-0.05, 0) is 33.6 Å². The third kappa shape index (κ3) is 6.32. The minimum absolute atomic E-state index is 0.0831. The van der Waals surface area contributed by atoms with E-state index in [0.29, 0.717) is 5.13 Å². The number of hydrogen-bond acceptors (Lipinski definition) is 5. The highest BCUT2D eigenvalue weighted by Crippen LogP contribution is 2.26. The fraction of sp³-hybridized carbons (Fsp3) is 0.474. The number of aryl methyl sites for hydroxylation is 1. The molecule has 3 N–H and O–H groups in total. The van der Waals surface area contributed by atoms with E-state index in [4.69, 9.17) is 0 Å². The van der Waals surface area contributed by atoms with E-state index in [1.807, 2.05) is 65.8 Å². The maximum atomic E-state index is 12.6. The van der Waals surface area contributed by atoms with Crippen LogP contribution in [-0.2, 0) is 4.79 Å². The Balaban J connectivity index is 2.05. The monoisotopic (exact) mass is 389 g/mol. The Morgan fingerprint density at radius 2 is 1.70 bits per heavy atom. The van der Waals surface area contributed by atoms with Crippen LogP contribution in [0.1, 0.15) is 40.2 Å². The van der Waals surface area contributed by atoms with Crippen molar-refractivity contribution in [3.63, 3.8) is 0 Å². The van der Waals surface area contributed by atoms with Crippen molar-refractivity contribution in [1.29, 1.82) is 0 Å². The molecule has 2 aromatic rings. The van der Waals surface area contributed by atoms with Gasteiger partial charge in [-0.25, -0.2) is 4.79 Å². The quantitative estimate of drug-likeness (QED) is 0.728. The van der Waals surface area contributed by atoms with Gasteiger partial charge in [0.1, 0.15) is 11.0 Å². The fourth-order valence-corrected chi connectivity index (χ4v) is 3.07. The van der Waals surface area contributed by atoms with Gasteiger partial charge in [-0.2, -0.15) is 0 Å². The molecule has 0 saturated carbocycles. The molecule has 0 spiro atoms. The summed E-state index contributed by atoms with van der Waals surface area (Å²) < 4.78 is 0. The summed E-state index contributed by atoms with van der Waals surface area (Å²) in [5.74, 6) is -0.402. The number of carbonyl (C=O) groups excluding carboxylic acids is 2. The molecule has 0 bridgehead atoms. The van der Waals surface area contributed by atoms with E-state index in [2.05, 4.69) is 26.1 Å². The van der Waals surface area contributed by atoms with Crippen LogP contribution in [0.25, 0.3) is 10.6 Å². The van der Waals surface area contributed by atoms with Gasteiger partial charge in [-0.15, -0.1) is 10.2 Å². The molecule has 8 heteroatoms. The van der Waals surface area contributed by atoms with Crippen molar-refractivity contribution in [2.45, 2.75) is 53.1 Å². The summed E-state index contributed by atoms with van der Waals surface area (Å²) in [7, 11) is 0. The molecular weight excluding hydrogens is 362 g/mol. The lowest BCUT2D eigenvalue weighted by molar-refractivity contribution is -0.118. The standard InChI is InChI=1S/C19H27N5O2S/c1-11(2)14(20-17(26)22-19(4,5)6)15(25)21-18-24-23-16(27-18)13-9-7-12(3)8-10-13/h7-11,14H,1-6H3,(H2,20,22,26)(H,21,24,25)/t14-/m0/s1. The molecule has 27 heavy (non-hydrogen) atoms. The molecule has 0 aliphatic carbocycles. The number of rotatable bonds is 5. The predicted octanol–water partition coefficient (Wildman–Crippen LogP) is 3.57. The molecule has 0 aliphatic rings. The first-order valence-electron chi connectivity index (χ1n) is 8.85. The van der Waals surface area contributed by atoms with Gasteiger partial charge in [-0.3, -0.25) is 10.1 Å². The number of nitrogens with one attached hydrogen (secondary N) is 3. The van der Waals surface area contributed by atoms with Crippen molar-refractivity contribution in [2.24, 2.45) is 5.92 Å². The van der Waals surface area contributed by atoms with E-state index >= 15 is 0 Å². The summed E-state index contributed by atoms with van der Waals surface area (Å²) in [6.45, 7) is 11.4. The zero-order valence-electron chi connectivity index (χ0n) is 16.6. The van der Waals surface area contributed by atoms with E-state index in [0.717, 1.165) is 16.1 Å². The zero-order chi connectivity index (χ0) is 20.2. The predicted molar refractivity (Wildman–Crippen MR) is 109 cm³/mol. The third-order valence-corrected chi connectivity index (χ3v) is 4.57. The summed E-state index contributed by atoms with van der Waals surface area (Å²) in [6, 6.07) is 6.88. The van der Waals surface area contributed by atoms with Gasteiger partial charge >= 0.3 is 6.03 Å². The second-order valence-electron chi connectivity index (χ2n) is 7.84. The molecule has 0 radical (unpaired) electrons. The summed E-state index contributed by atoms with van der Waals surface area (Å²) in [4.78, 5) is 24.8. The number of hydrogen-bond donors (Lipinski definition) is 3. The highest BCUT2D eigenvalue weighted by molar-refractivity contribution is 7.18. The number of amides is 3. The Bertz CT molecular complexity index is 793. The van der Waals surface area contributed by atoms with Crippen molar-refractivity contribution >= 4 is 28.4 Å². The molecule has 0 saturated heterocycles. The summed E-state index contributed by atoms with van der Waals surface area (Å²) in [5.41, 5.74) is 1.72. The second kappa shape index (κ2) is 8.47. The fourth-order valence-electron chi connectivity index (χ4n) is 2.32. The van der Waals surface area contributed by atoms with Crippen LogP contribution in [-0.4, -0.2) is 33.7 Å². The highest BCUT2D eigenvalue weighted by atomic mass is 32.1. The van der Waals surface area contributed by atoms with Crippen LogP contribution in [0.3, 0.4) is 0 Å². The molecule has 0 aliphatic heterocycles. The highest BCUT2D eigenvalue weighted by Gasteiger charge is 2.26. The Hall–Kier alpha value is -2.48. The molecule has 1 aromatic heterocycles. The van der Waals surface area contributed by atoms with E-state index in [1.165, 1.54) is 11.3 Å². The normalized spacial score (nSPS) is 12.6. The minimum Gasteiger partial charge on any atom is -0.334 e. The van der Waals surface area contributed by atoms with Crippen LogP contribution in [0.2, 0.25) is 0 Å². The number of urea groups is 1. The second-order valence-corrected chi connectivity index (χ2v) is 8.82. The minimum atomic E-state index is -0.681. The van der Waals surface area contributed by atoms with Crippen molar-refractivity contribution in [2.75, 3.05) is 5.32 Å². The van der Waals surface area contributed by atoms with Crippen LogP contribution in [0.4, 0.5) is 9.93 Å². The maximum Gasteiger partial charge on any atom is 0.315 e. The average Bonchev–Trinajstić information content (AvgIpc) is 2.99. The van der Waals surface area contributed by atoms with E-state index in [-0.39, 0.29) is 23.4 Å². The van der Waals surface area contributed by atoms with Gasteiger partial charge in [0.2, 0.25) is 11.0 Å². The summed E-state index contributed by atoms with van der Waals surface area (Å²) in [5, 5.41) is 17.6. The Kier molecular flexibility index (Phi) is 6.54. The first kappa shape index (κ1) is 20.8. The smallest absolute Gasteiger partial charge is 0.315 e. The van der Waals surface area contributed by atoms with Crippen LogP contribution >= 0.6 is 11.3 Å². The summed E-state index contributed by atoms with van der Waals surface area (Å²) >= 11 is 1.30. The maximum absolute atomic E-state index is 12.6. The van der Waals surface area contributed by atoms with E-state index < -0.39 is 6.04 Å².